The van der Waals surface area contributed by atoms with Crippen LogP contribution in [0.2, 0.25) is 0 Å². The van der Waals surface area contributed by atoms with Gasteiger partial charge in [-0.05, 0) is 36.8 Å². The minimum atomic E-state index is -1.14. The summed E-state index contributed by atoms with van der Waals surface area (Å²) in [5.41, 5.74) is 1.59. The smallest absolute Gasteiger partial charge is 0.247 e. The molecule has 1 atom stereocenters. The second-order valence-corrected chi connectivity index (χ2v) is 6.06. The van der Waals surface area contributed by atoms with E-state index in [1.54, 1.807) is 6.07 Å². The SMILES string of the molecule is C=CC(=O)Nc1ccc(S(=O)N2CCNCC2)c(C)c1. The third-order valence-corrected chi connectivity index (χ3v) is 4.79. The van der Waals surface area contributed by atoms with Gasteiger partial charge in [0.1, 0.15) is 11.0 Å². The van der Waals surface area contributed by atoms with Crippen LogP contribution in [0.15, 0.2) is 35.7 Å². The maximum atomic E-state index is 12.5. The van der Waals surface area contributed by atoms with E-state index in [4.69, 9.17) is 0 Å². The van der Waals surface area contributed by atoms with Gasteiger partial charge in [-0.2, -0.15) is 0 Å². The lowest BCUT2D eigenvalue weighted by Gasteiger charge is -2.26. The zero-order valence-electron chi connectivity index (χ0n) is 11.5. The van der Waals surface area contributed by atoms with Crippen LogP contribution in [0, 0.1) is 6.92 Å². The Balaban J connectivity index is 2.14. The van der Waals surface area contributed by atoms with E-state index in [0.29, 0.717) is 5.69 Å². The molecule has 1 aliphatic rings. The molecule has 0 aliphatic carbocycles. The summed E-state index contributed by atoms with van der Waals surface area (Å²) in [6, 6.07) is 5.41. The van der Waals surface area contributed by atoms with E-state index in [2.05, 4.69) is 17.2 Å². The molecule has 1 amide bonds. The molecular weight excluding hydrogens is 274 g/mol. The molecule has 1 aromatic rings. The van der Waals surface area contributed by atoms with Crippen molar-refractivity contribution < 1.29 is 9.00 Å². The number of amides is 1. The first kappa shape index (κ1) is 14.9. The number of rotatable bonds is 4. The summed E-state index contributed by atoms with van der Waals surface area (Å²) < 4.78 is 14.5. The molecule has 0 aromatic heterocycles. The van der Waals surface area contributed by atoms with Crippen LogP contribution in [-0.2, 0) is 15.8 Å². The van der Waals surface area contributed by atoms with Crippen LogP contribution < -0.4 is 10.6 Å². The van der Waals surface area contributed by atoms with Gasteiger partial charge in [0.05, 0.1) is 4.90 Å². The Morgan fingerprint density at radius 3 is 2.75 bits per heavy atom. The molecule has 1 saturated heterocycles. The predicted octanol–water partition coefficient (Wildman–Crippen LogP) is 1.05. The van der Waals surface area contributed by atoms with Crippen molar-refractivity contribution >= 4 is 22.6 Å². The molecule has 0 radical (unpaired) electrons. The van der Waals surface area contributed by atoms with Gasteiger partial charge < -0.3 is 10.6 Å². The standard InChI is InChI=1S/C14H19N3O2S/c1-3-14(18)16-12-4-5-13(11(2)10-12)20(19)17-8-6-15-7-9-17/h3-5,10,15H,1,6-9H2,2H3,(H,16,18). The van der Waals surface area contributed by atoms with E-state index in [-0.39, 0.29) is 5.91 Å². The fourth-order valence-corrected chi connectivity index (χ4v) is 3.38. The molecule has 1 aromatic carbocycles. The molecule has 1 aliphatic heterocycles. The molecule has 1 fully saturated rings. The highest BCUT2D eigenvalue weighted by molar-refractivity contribution is 7.82. The highest BCUT2D eigenvalue weighted by Crippen LogP contribution is 2.20. The van der Waals surface area contributed by atoms with Crippen LogP contribution in [0.5, 0.6) is 0 Å². The number of benzene rings is 1. The largest absolute Gasteiger partial charge is 0.323 e. The van der Waals surface area contributed by atoms with Crippen LogP contribution in [-0.4, -0.2) is 40.6 Å². The van der Waals surface area contributed by atoms with Gasteiger partial charge in [0.25, 0.3) is 0 Å². The summed E-state index contributed by atoms with van der Waals surface area (Å²) in [7, 11) is -1.14. The predicted molar refractivity (Wildman–Crippen MR) is 80.9 cm³/mol. The van der Waals surface area contributed by atoms with Crippen LogP contribution >= 0.6 is 0 Å². The van der Waals surface area contributed by atoms with Crippen molar-refractivity contribution in [2.75, 3.05) is 31.5 Å². The minimum absolute atomic E-state index is 0.250. The molecule has 20 heavy (non-hydrogen) atoms. The van der Waals surface area contributed by atoms with Gasteiger partial charge in [-0.25, -0.2) is 8.51 Å². The number of piperazine rings is 1. The summed E-state index contributed by atoms with van der Waals surface area (Å²) in [5, 5.41) is 5.94. The zero-order valence-corrected chi connectivity index (χ0v) is 12.3. The zero-order chi connectivity index (χ0) is 14.5. The highest BCUT2D eigenvalue weighted by Gasteiger charge is 2.19. The van der Waals surface area contributed by atoms with Crippen LogP contribution in [0.3, 0.4) is 0 Å². The van der Waals surface area contributed by atoms with Gasteiger partial charge in [0.2, 0.25) is 5.91 Å². The van der Waals surface area contributed by atoms with Crippen molar-refractivity contribution in [2.24, 2.45) is 0 Å². The molecule has 5 nitrogen and oxygen atoms in total. The lowest BCUT2D eigenvalue weighted by Crippen LogP contribution is -2.44. The average molecular weight is 293 g/mol. The topological polar surface area (TPSA) is 61.4 Å². The van der Waals surface area contributed by atoms with E-state index < -0.39 is 11.0 Å². The first-order valence-electron chi connectivity index (χ1n) is 6.53. The second kappa shape index (κ2) is 6.78. The van der Waals surface area contributed by atoms with Crippen molar-refractivity contribution in [1.82, 2.24) is 9.62 Å². The van der Waals surface area contributed by atoms with E-state index in [1.807, 2.05) is 23.4 Å². The van der Waals surface area contributed by atoms with Crippen LogP contribution in [0.1, 0.15) is 5.56 Å². The fraction of sp³-hybridized carbons (Fsp3) is 0.357. The number of hydrogen-bond acceptors (Lipinski definition) is 3. The first-order chi connectivity index (χ1) is 9.61. The lowest BCUT2D eigenvalue weighted by molar-refractivity contribution is -0.111. The molecule has 1 heterocycles. The van der Waals surface area contributed by atoms with E-state index in [1.165, 1.54) is 6.08 Å². The third kappa shape index (κ3) is 3.53. The van der Waals surface area contributed by atoms with Crippen molar-refractivity contribution in [2.45, 2.75) is 11.8 Å². The Morgan fingerprint density at radius 1 is 1.45 bits per heavy atom. The summed E-state index contributed by atoms with van der Waals surface area (Å²) >= 11 is 0. The maximum Gasteiger partial charge on any atom is 0.247 e. The Morgan fingerprint density at radius 2 is 2.15 bits per heavy atom. The number of carbonyl (C=O) groups excluding carboxylic acids is 1. The average Bonchev–Trinajstić information content (AvgIpc) is 2.47. The van der Waals surface area contributed by atoms with Gasteiger partial charge >= 0.3 is 0 Å². The third-order valence-electron chi connectivity index (χ3n) is 3.13. The number of aryl methyl sites for hydroxylation is 1. The van der Waals surface area contributed by atoms with Gasteiger partial charge in [-0.15, -0.1) is 0 Å². The number of nitrogens with one attached hydrogen (secondary N) is 2. The molecule has 0 saturated carbocycles. The second-order valence-electron chi connectivity index (χ2n) is 4.60. The number of hydrogen-bond donors (Lipinski definition) is 2. The molecular formula is C14H19N3O2S. The van der Waals surface area contributed by atoms with E-state index in [0.717, 1.165) is 36.6 Å². The molecule has 0 bridgehead atoms. The maximum absolute atomic E-state index is 12.5. The Kier molecular flexibility index (Phi) is 5.05. The monoisotopic (exact) mass is 293 g/mol. The fourth-order valence-electron chi connectivity index (χ4n) is 2.07. The quantitative estimate of drug-likeness (QED) is 0.816. The van der Waals surface area contributed by atoms with Crippen molar-refractivity contribution in [3.8, 4) is 0 Å². The number of carbonyl (C=O) groups is 1. The van der Waals surface area contributed by atoms with Gasteiger partial charge in [0.15, 0.2) is 0 Å². The molecule has 108 valence electrons. The van der Waals surface area contributed by atoms with Crippen molar-refractivity contribution in [3.05, 3.63) is 36.4 Å². The minimum Gasteiger partial charge on any atom is -0.323 e. The summed E-state index contributed by atoms with van der Waals surface area (Å²) in [5.74, 6) is -0.250. The van der Waals surface area contributed by atoms with E-state index >= 15 is 0 Å². The Bertz CT molecular complexity index is 539. The van der Waals surface area contributed by atoms with Gasteiger partial charge in [-0.1, -0.05) is 6.58 Å². The molecule has 2 N–H and O–H groups in total. The molecule has 1 unspecified atom stereocenters. The van der Waals surface area contributed by atoms with Crippen LogP contribution in [0.25, 0.3) is 0 Å². The molecule has 2 rings (SSSR count). The highest BCUT2D eigenvalue weighted by atomic mass is 32.2. The summed E-state index contributed by atoms with van der Waals surface area (Å²) in [4.78, 5) is 12.0. The summed E-state index contributed by atoms with van der Waals surface area (Å²) in [6.07, 6.45) is 1.22. The van der Waals surface area contributed by atoms with Crippen LogP contribution in [0.4, 0.5) is 5.69 Å². The first-order valence-corrected chi connectivity index (χ1v) is 7.64. The van der Waals surface area contributed by atoms with Crippen molar-refractivity contribution in [1.29, 1.82) is 0 Å². The van der Waals surface area contributed by atoms with Gasteiger partial charge in [-0.3, -0.25) is 4.79 Å². The van der Waals surface area contributed by atoms with E-state index in [9.17, 15) is 9.00 Å². The number of nitrogens with zero attached hydrogens (tertiary/aromatic N) is 1. The number of anilines is 1. The summed E-state index contributed by atoms with van der Waals surface area (Å²) in [6.45, 7) is 8.59. The Labute approximate surface area is 121 Å². The van der Waals surface area contributed by atoms with Crippen molar-refractivity contribution in [3.63, 3.8) is 0 Å². The Hall–Kier alpha value is -1.50. The molecule has 6 heteroatoms. The molecule has 0 spiro atoms. The normalized spacial score (nSPS) is 17.4. The van der Waals surface area contributed by atoms with Gasteiger partial charge in [0, 0.05) is 31.9 Å². The lowest BCUT2D eigenvalue weighted by atomic mass is 10.2.